The van der Waals surface area contributed by atoms with E-state index in [0.717, 1.165) is 42.7 Å². The van der Waals surface area contributed by atoms with Gasteiger partial charge in [0.25, 0.3) is 0 Å². The normalized spacial score (nSPS) is 17.4. The third-order valence-electron chi connectivity index (χ3n) is 5.10. The van der Waals surface area contributed by atoms with Gasteiger partial charge in [-0.3, -0.25) is 4.68 Å². The Labute approximate surface area is 166 Å². The molecule has 27 heavy (non-hydrogen) atoms. The zero-order valence-electron chi connectivity index (χ0n) is 16.6. The fourth-order valence-corrected chi connectivity index (χ4v) is 3.69. The summed E-state index contributed by atoms with van der Waals surface area (Å²) < 4.78 is 1.92. The Morgan fingerprint density at radius 3 is 2.85 bits per heavy atom. The maximum Gasteiger partial charge on any atom is 0.191 e. The molecule has 7 heteroatoms. The van der Waals surface area contributed by atoms with E-state index in [2.05, 4.69) is 40.5 Å². The maximum absolute atomic E-state index is 6.13. The predicted molar refractivity (Wildman–Crippen MR) is 113 cm³/mol. The van der Waals surface area contributed by atoms with Gasteiger partial charge in [-0.1, -0.05) is 17.7 Å². The number of nitrogens with one attached hydrogen (secondary N) is 2. The highest BCUT2D eigenvalue weighted by molar-refractivity contribution is 6.30. The van der Waals surface area contributed by atoms with Crippen LogP contribution >= 0.6 is 11.6 Å². The van der Waals surface area contributed by atoms with Gasteiger partial charge in [0.15, 0.2) is 5.96 Å². The highest BCUT2D eigenvalue weighted by Crippen LogP contribution is 2.23. The van der Waals surface area contributed by atoms with Crippen LogP contribution in [-0.4, -0.2) is 41.4 Å². The first-order valence-corrected chi connectivity index (χ1v) is 9.90. The van der Waals surface area contributed by atoms with E-state index in [0.29, 0.717) is 12.6 Å². The summed E-state index contributed by atoms with van der Waals surface area (Å²) >= 11 is 6.13. The van der Waals surface area contributed by atoms with Crippen molar-refractivity contribution in [2.75, 3.05) is 24.5 Å². The minimum Gasteiger partial charge on any atom is -0.369 e. The summed E-state index contributed by atoms with van der Waals surface area (Å²) in [5.41, 5.74) is 4.58. The van der Waals surface area contributed by atoms with Crippen molar-refractivity contribution in [3.63, 3.8) is 0 Å². The van der Waals surface area contributed by atoms with E-state index < -0.39 is 0 Å². The van der Waals surface area contributed by atoms with Gasteiger partial charge in [-0.25, -0.2) is 4.99 Å². The van der Waals surface area contributed by atoms with Crippen molar-refractivity contribution in [1.29, 1.82) is 0 Å². The number of guanidine groups is 1. The van der Waals surface area contributed by atoms with Gasteiger partial charge in [0.05, 0.1) is 12.2 Å². The van der Waals surface area contributed by atoms with E-state index in [1.54, 1.807) is 0 Å². The molecule has 1 saturated heterocycles. The lowest BCUT2D eigenvalue weighted by Gasteiger charge is -2.20. The average molecular weight is 389 g/mol. The molecule has 2 aromatic rings. The van der Waals surface area contributed by atoms with Crippen LogP contribution in [0.4, 0.5) is 5.69 Å². The van der Waals surface area contributed by atoms with Crippen molar-refractivity contribution in [1.82, 2.24) is 20.4 Å². The first-order chi connectivity index (χ1) is 13.0. The number of benzene rings is 1. The molecule has 1 unspecified atom stereocenters. The van der Waals surface area contributed by atoms with Crippen LogP contribution < -0.4 is 15.5 Å². The first kappa shape index (κ1) is 19.5. The predicted octanol–water partition coefficient (Wildman–Crippen LogP) is 3.02. The molecule has 2 N–H and O–H groups in total. The summed E-state index contributed by atoms with van der Waals surface area (Å²) in [6.07, 6.45) is 1.07. The molecule has 1 fully saturated rings. The Morgan fingerprint density at radius 1 is 1.37 bits per heavy atom. The second-order valence-electron chi connectivity index (χ2n) is 7.02. The number of hydrogen-bond acceptors (Lipinski definition) is 3. The molecular weight excluding hydrogens is 360 g/mol. The number of nitrogens with zero attached hydrogens (tertiary/aromatic N) is 4. The number of aromatic nitrogens is 2. The monoisotopic (exact) mass is 388 g/mol. The summed E-state index contributed by atoms with van der Waals surface area (Å²) in [6, 6.07) is 8.41. The van der Waals surface area contributed by atoms with Gasteiger partial charge in [-0.05, 0) is 45.4 Å². The number of aryl methyl sites for hydroxylation is 2. The molecule has 0 amide bonds. The van der Waals surface area contributed by atoms with Crippen LogP contribution in [0.5, 0.6) is 0 Å². The Morgan fingerprint density at radius 2 is 2.19 bits per heavy atom. The van der Waals surface area contributed by atoms with Crippen LogP contribution in [0.2, 0.25) is 5.02 Å². The quantitative estimate of drug-likeness (QED) is 0.610. The van der Waals surface area contributed by atoms with Gasteiger partial charge in [0.2, 0.25) is 0 Å². The van der Waals surface area contributed by atoms with Crippen LogP contribution in [0.15, 0.2) is 29.3 Å². The smallest absolute Gasteiger partial charge is 0.191 e. The highest BCUT2D eigenvalue weighted by atomic mass is 35.5. The second-order valence-corrected chi connectivity index (χ2v) is 7.46. The van der Waals surface area contributed by atoms with Gasteiger partial charge in [0.1, 0.15) is 0 Å². The van der Waals surface area contributed by atoms with Crippen molar-refractivity contribution in [2.45, 2.75) is 39.8 Å². The Bertz CT molecular complexity index is 813. The van der Waals surface area contributed by atoms with E-state index in [1.807, 2.05) is 36.9 Å². The topological polar surface area (TPSA) is 57.5 Å². The van der Waals surface area contributed by atoms with E-state index in [-0.39, 0.29) is 0 Å². The van der Waals surface area contributed by atoms with Crippen LogP contribution in [0.3, 0.4) is 0 Å². The van der Waals surface area contributed by atoms with E-state index in [9.17, 15) is 0 Å². The molecule has 1 aromatic carbocycles. The van der Waals surface area contributed by atoms with E-state index in [4.69, 9.17) is 16.6 Å². The first-order valence-electron chi connectivity index (χ1n) is 9.52. The summed E-state index contributed by atoms with van der Waals surface area (Å²) in [6.45, 7) is 9.63. The Balaban J connectivity index is 1.64. The molecule has 1 aliphatic rings. The molecular formula is C20H29ClN6. The van der Waals surface area contributed by atoms with Gasteiger partial charge < -0.3 is 15.5 Å². The molecule has 6 nitrogen and oxygen atoms in total. The number of rotatable bonds is 5. The number of anilines is 1. The Kier molecular flexibility index (Phi) is 6.26. The van der Waals surface area contributed by atoms with E-state index in [1.165, 1.54) is 16.9 Å². The van der Waals surface area contributed by atoms with Gasteiger partial charge in [-0.15, -0.1) is 0 Å². The van der Waals surface area contributed by atoms with Crippen molar-refractivity contribution < 1.29 is 0 Å². The minimum absolute atomic E-state index is 0.359. The van der Waals surface area contributed by atoms with Crippen LogP contribution in [-0.2, 0) is 13.6 Å². The number of hydrogen-bond donors (Lipinski definition) is 2. The standard InChI is InChI=1S/C20H29ClN6/c1-5-22-20(23-12-19-14(2)25-26(4)15(19)3)24-17-9-10-27(13-17)18-8-6-7-16(21)11-18/h6-8,11,17H,5,9-10,12-13H2,1-4H3,(H2,22,23,24). The number of halogens is 1. The van der Waals surface area contributed by atoms with Crippen LogP contribution in [0.25, 0.3) is 0 Å². The fraction of sp³-hybridized carbons (Fsp3) is 0.500. The lowest BCUT2D eigenvalue weighted by atomic mass is 10.2. The summed E-state index contributed by atoms with van der Waals surface area (Å²) in [5, 5.41) is 12.2. The maximum atomic E-state index is 6.13. The minimum atomic E-state index is 0.359. The molecule has 0 aliphatic carbocycles. The second kappa shape index (κ2) is 8.65. The van der Waals surface area contributed by atoms with Crippen molar-refractivity contribution in [3.05, 3.63) is 46.2 Å². The third-order valence-corrected chi connectivity index (χ3v) is 5.34. The molecule has 0 spiro atoms. The largest absolute Gasteiger partial charge is 0.369 e. The summed E-state index contributed by atoms with van der Waals surface area (Å²) in [7, 11) is 1.97. The van der Waals surface area contributed by atoms with Gasteiger partial charge in [0, 0.05) is 54.7 Å². The zero-order chi connectivity index (χ0) is 19.4. The lowest BCUT2D eigenvalue weighted by Crippen LogP contribution is -2.44. The van der Waals surface area contributed by atoms with Gasteiger partial charge >= 0.3 is 0 Å². The molecule has 1 aromatic heterocycles. The molecule has 3 rings (SSSR count). The Hall–Kier alpha value is -2.21. The van der Waals surface area contributed by atoms with Crippen molar-refractivity contribution in [3.8, 4) is 0 Å². The third kappa shape index (κ3) is 4.75. The zero-order valence-corrected chi connectivity index (χ0v) is 17.3. The molecule has 2 heterocycles. The summed E-state index contributed by atoms with van der Waals surface area (Å²) in [5.74, 6) is 0.859. The van der Waals surface area contributed by atoms with E-state index >= 15 is 0 Å². The fourth-order valence-electron chi connectivity index (χ4n) is 3.50. The average Bonchev–Trinajstić information content (AvgIpc) is 3.19. The SMILES string of the molecule is CCNC(=NCc1c(C)nn(C)c1C)NC1CCN(c2cccc(Cl)c2)C1. The highest BCUT2D eigenvalue weighted by Gasteiger charge is 2.23. The number of aliphatic imine (C=N–C) groups is 1. The molecule has 146 valence electrons. The molecule has 1 atom stereocenters. The van der Waals surface area contributed by atoms with Crippen LogP contribution in [0, 0.1) is 13.8 Å². The van der Waals surface area contributed by atoms with Crippen molar-refractivity contribution >= 4 is 23.2 Å². The lowest BCUT2D eigenvalue weighted by molar-refractivity contribution is 0.649. The molecule has 0 radical (unpaired) electrons. The molecule has 0 bridgehead atoms. The van der Waals surface area contributed by atoms with Crippen molar-refractivity contribution in [2.24, 2.45) is 12.0 Å². The van der Waals surface area contributed by atoms with Gasteiger partial charge in [-0.2, -0.15) is 5.10 Å². The summed E-state index contributed by atoms with van der Waals surface area (Å²) in [4.78, 5) is 7.16. The van der Waals surface area contributed by atoms with Crippen LogP contribution in [0.1, 0.15) is 30.3 Å². The molecule has 1 aliphatic heterocycles. The molecule has 0 saturated carbocycles.